The number of aryl methyl sites for hydroxylation is 1. The van der Waals surface area contributed by atoms with Crippen LogP contribution in [-0.4, -0.2) is 35.5 Å². The van der Waals surface area contributed by atoms with Crippen LogP contribution in [0.4, 0.5) is 0 Å². The van der Waals surface area contributed by atoms with Crippen LogP contribution >= 0.6 is 0 Å². The highest BCUT2D eigenvalue weighted by molar-refractivity contribution is 5.11. The molecule has 0 unspecified atom stereocenters. The number of rotatable bonds is 3. The third-order valence-electron chi connectivity index (χ3n) is 4.58. The average Bonchev–Trinajstić information content (AvgIpc) is 3.05. The van der Waals surface area contributed by atoms with Crippen LogP contribution in [0.1, 0.15) is 56.6 Å². The van der Waals surface area contributed by atoms with E-state index in [1.165, 1.54) is 0 Å². The van der Waals surface area contributed by atoms with Crippen molar-refractivity contribution in [3.05, 3.63) is 23.3 Å². The zero-order valence-corrected chi connectivity index (χ0v) is 12.8. The Morgan fingerprint density at radius 2 is 1.95 bits per heavy atom. The van der Waals surface area contributed by atoms with Gasteiger partial charge in [-0.15, -0.1) is 5.10 Å². The van der Waals surface area contributed by atoms with E-state index in [4.69, 9.17) is 0 Å². The molecule has 1 fully saturated rings. The molecule has 0 saturated heterocycles. The molecule has 7 nitrogen and oxygen atoms in total. The minimum Gasteiger partial charge on any atom is -0.383 e. The molecule has 0 aliphatic heterocycles. The van der Waals surface area contributed by atoms with Gasteiger partial charge in [0.25, 0.3) is 0 Å². The van der Waals surface area contributed by atoms with E-state index in [-0.39, 0.29) is 0 Å². The van der Waals surface area contributed by atoms with Crippen molar-refractivity contribution in [1.29, 1.82) is 0 Å². The molecule has 2 N–H and O–H groups in total. The fraction of sp³-hybridized carbons (Fsp3) is 0.714. The molecule has 0 spiro atoms. The molecule has 1 aliphatic rings. The molecular formula is C14H22N6O. The standard InChI is InChI=1S/C14H22N6O/c1-10-11(16-18-15-10)8-20-9-12(17-19-20)14(21)6-4-13(2,3)5-7-14/h9,21H,4-8H2,1-3H3,(H,15,16,18). The molecule has 7 heteroatoms. The molecule has 3 rings (SSSR count). The molecule has 0 amide bonds. The van der Waals surface area contributed by atoms with E-state index in [0.29, 0.717) is 17.7 Å². The van der Waals surface area contributed by atoms with Gasteiger partial charge in [-0.25, -0.2) is 4.68 Å². The Balaban J connectivity index is 1.74. The van der Waals surface area contributed by atoms with Crippen LogP contribution in [0.25, 0.3) is 0 Å². The lowest BCUT2D eigenvalue weighted by atomic mass is 9.70. The first-order valence-corrected chi connectivity index (χ1v) is 7.37. The molecule has 0 radical (unpaired) electrons. The maximum Gasteiger partial charge on any atom is 0.114 e. The van der Waals surface area contributed by atoms with E-state index >= 15 is 0 Å². The first-order valence-electron chi connectivity index (χ1n) is 7.37. The monoisotopic (exact) mass is 290 g/mol. The van der Waals surface area contributed by atoms with Crippen molar-refractivity contribution >= 4 is 0 Å². The van der Waals surface area contributed by atoms with Gasteiger partial charge in [0.2, 0.25) is 0 Å². The maximum absolute atomic E-state index is 10.8. The molecule has 21 heavy (non-hydrogen) atoms. The van der Waals surface area contributed by atoms with Crippen LogP contribution in [0, 0.1) is 12.3 Å². The quantitative estimate of drug-likeness (QED) is 0.894. The Bertz CT molecular complexity index is 619. The maximum atomic E-state index is 10.8. The molecule has 114 valence electrons. The third kappa shape index (κ3) is 2.83. The van der Waals surface area contributed by atoms with Gasteiger partial charge in [0.1, 0.15) is 17.0 Å². The zero-order chi connectivity index (χ0) is 15.1. The van der Waals surface area contributed by atoms with E-state index in [9.17, 15) is 5.11 Å². The summed E-state index contributed by atoms with van der Waals surface area (Å²) in [5.74, 6) is 0. The lowest BCUT2D eigenvalue weighted by Gasteiger charge is -2.38. The number of nitrogens with one attached hydrogen (secondary N) is 1. The first kappa shape index (κ1) is 14.2. The van der Waals surface area contributed by atoms with Gasteiger partial charge in [-0.05, 0) is 38.0 Å². The normalized spacial score (nSPS) is 20.6. The molecule has 0 atom stereocenters. The van der Waals surface area contributed by atoms with Gasteiger partial charge in [0.05, 0.1) is 18.4 Å². The Labute approximate surface area is 123 Å². The summed E-state index contributed by atoms with van der Waals surface area (Å²) in [4.78, 5) is 0. The molecule has 2 aromatic heterocycles. The van der Waals surface area contributed by atoms with Gasteiger partial charge in [-0.2, -0.15) is 15.4 Å². The first-order chi connectivity index (χ1) is 9.88. The third-order valence-corrected chi connectivity index (χ3v) is 4.58. The van der Waals surface area contributed by atoms with Gasteiger partial charge >= 0.3 is 0 Å². The van der Waals surface area contributed by atoms with Gasteiger partial charge in [-0.1, -0.05) is 19.1 Å². The average molecular weight is 290 g/mol. The van der Waals surface area contributed by atoms with Crippen molar-refractivity contribution in [3.63, 3.8) is 0 Å². The zero-order valence-electron chi connectivity index (χ0n) is 12.8. The second-order valence-electron chi connectivity index (χ2n) is 6.85. The second kappa shape index (κ2) is 4.91. The number of aliphatic hydroxyl groups is 1. The number of nitrogens with zero attached hydrogens (tertiary/aromatic N) is 5. The Morgan fingerprint density at radius 3 is 2.57 bits per heavy atom. The van der Waals surface area contributed by atoms with Gasteiger partial charge < -0.3 is 5.11 Å². The van der Waals surface area contributed by atoms with Crippen LogP contribution in [-0.2, 0) is 12.1 Å². The lowest BCUT2D eigenvalue weighted by molar-refractivity contribution is -0.0340. The summed E-state index contributed by atoms with van der Waals surface area (Å²) in [6, 6.07) is 0. The molecule has 1 saturated carbocycles. The largest absolute Gasteiger partial charge is 0.383 e. The van der Waals surface area contributed by atoms with Crippen molar-refractivity contribution < 1.29 is 5.11 Å². The lowest BCUT2D eigenvalue weighted by Crippen LogP contribution is -2.34. The van der Waals surface area contributed by atoms with Crippen LogP contribution in [0.5, 0.6) is 0 Å². The molecule has 1 aliphatic carbocycles. The topological polar surface area (TPSA) is 92.5 Å². The van der Waals surface area contributed by atoms with E-state index in [1.807, 2.05) is 13.1 Å². The van der Waals surface area contributed by atoms with E-state index in [0.717, 1.165) is 37.1 Å². The molecule has 0 aromatic carbocycles. The van der Waals surface area contributed by atoms with E-state index in [1.54, 1.807) is 4.68 Å². The van der Waals surface area contributed by atoms with Crippen molar-refractivity contribution in [2.75, 3.05) is 0 Å². The number of aromatic nitrogens is 6. The second-order valence-corrected chi connectivity index (χ2v) is 6.85. The van der Waals surface area contributed by atoms with Crippen molar-refractivity contribution in [2.45, 2.75) is 58.6 Å². The fourth-order valence-electron chi connectivity index (χ4n) is 2.79. The molecule has 2 heterocycles. The summed E-state index contributed by atoms with van der Waals surface area (Å²) >= 11 is 0. The highest BCUT2D eigenvalue weighted by Crippen LogP contribution is 2.44. The SMILES string of the molecule is Cc1n[nH]nc1Cn1cc(C2(O)CCC(C)(C)CC2)nn1. The van der Waals surface area contributed by atoms with E-state index in [2.05, 4.69) is 39.6 Å². The molecular weight excluding hydrogens is 268 g/mol. The van der Waals surface area contributed by atoms with Crippen LogP contribution in [0.3, 0.4) is 0 Å². The summed E-state index contributed by atoms with van der Waals surface area (Å²) in [7, 11) is 0. The van der Waals surface area contributed by atoms with Crippen molar-refractivity contribution in [3.8, 4) is 0 Å². The predicted octanol–water partition coefficient (Wildman–Crippen LogP) is 1.54. The number of hydrogen-bond acceptors (Lipinski definition) is 5. The number of aromatic amines is 1. The Morgan fingerprint density at radius 1 is 1.24 bits per heavy atom. The number of hydrogen-bond donors (Lipinski definition) is 2. The summed E-state index contributed by atoms with van der Waals surface area (Å²) < 4.78 is 1.71. The van der Waals surface area contributed by atoms with E-state index < -0.39 is 5.60 Å². The summed E-state index contributed by atoms with van der Waals surface area (Å²) in [6.45, 7) is 6.90. The minimum atomic E-state index is -0.841. The Hall–Kier alpha value is -1.76. The van der Waals surface area contributed by atoms with Crippen LogP contribution < -0.4 is 0 Å². The Kier molecular flexibility index (Phi) is 3.32. The fourth-order valence-corrected chi connectivity index (χ4v) is 2.79. The number of H-pyrrole nitrogens is 1. The smallest absolute Gasteiger partial charge is 0.114 e. The summed E-state index contributed by atoms with van der Waals surface area (Å²) in [6.07, 6.45) is 5.30. The highest BCUT2D eigenvalue weighted by atomic mass is 16.3. The highest BCUT2D eigenvalue weighted by Gasteiger charge is 2.39. The van der Waals surface area contributed by atoms with Crippen molar-refractivity contribution in [1.82, 2.24) is 30.4 Å². The molecule has 0 bridgehead atoms. The van der Waals surface area contributed by atoms with Crippen molar-refractivity contribution in [2.24, 2.45) is 5.41 Å². The van der Waals surface area contributed by atoms with Gasteiger partial charge in [0.15, 0.2) is 0 Å². The van der Waals surface area contributed by atoms with Crippen LogP contribution in [0.2, 0.25) is 0 Å². The summed E-state index contributed by atoms with van der Waals surface area (Å²) in [5, 5.41) is 29.8. The molecule has 2 aromatic rings. The van der Waals surface area contributed by atoms with Gasteiger partial charge in [0, 0.05) is 0 Å². The minimum absolute atomic E-state index is 0.306. The van der Waals surface area contributed by atoms with Gasteiger partial charge in [-0.3, -0.25) is 0 Å². The van der Waals surface area contributed by atoms with Crippen LogP contribution in [0.15, 0.2) is 6.20 Å². The summed E-state index contributed by atoms with van der Waals surface area (Å²) in [5.41, 5.74) is 1.82. The predicted molar refractivity (Wildman–Crippen MR) is 76.4 cm³/mol.